The maximum atomic E-state index is 12.5. The van der Waals surface area contributed by atoms with Crippen molar-refractivity contribution < 1.29 is 14.1 Å². The second kappa shape index (κ2) is 7.93. The van der Waals surface area contributed by atoms with Crippen molar-refractivity contribution in [2.75, 3.05) is 44.7 Å². The number of carbonyl (C=O) groups excluding carboxylic acids is 1. The van der Waals surface area contributed by atoms with Gasteiger partial charge in [0.15, 0.2) is 12.3 Å². The highest BCUT2D eigenvalue weighted by atomic mass is 35.5. The monoisotopic (exact) mass is 362 g/mol. The van der Waals surface area contributed by atoms with Crippen LogP contribution in [0.25, 0.3) is 0 Å². The molecule has 1 atom stereocenters. The summed E-state index contributed by atoms with van der Waals surface area (Å²) < 4.78 is 5.59. The van der Waals surface area contributed by atoms with Crippen LogP contribution >= 0.6 is 11.6 Å². The molecule has 1 aromatic heterocycles. The van der Waals surface area contributed by atoms with Gasteiger partial charge in [0.2, 0.25) is 0 Å². The number of aryl methyl sites for hydroxylation is 1. The van der Waals surface area contributed by atoms with E-state index in [0.717, 1.165) is 59.9 Å². The van der Waals surface area contributed by atoms with E-state index in [2.05, 4.69) is 11.0 Å². The summed E-state index contributed by atoms with van der Waals surface area (Å²) in [6.45, 7) is 6.31. The van der Waals surface area contributed by atoms with E-state index in [0.29, 0.717) is 6.54 Å². The van der Waals surface area contributed by atoms with Crippen LogP contribution in [0.3, 0.4) is 0 Å². The highest BCUT2D eigenvalue weighted by Crippen LogP contribution is 2.20. The number of furan rings is 1. The average molecular weight is 363 g/mol. The number of hydrogen-bond acceptors (Lipinski definition) is 3. The first kappa shape index (κ1) is 17.8. The van der Waals surface area contributed by atoms with Crippen LogP contribution < -0.4 is 9.80 Å². The highest BCUT2D eigenvalue weighted by Gasteiger charge is 2.24. The summed E-state index contributed by atoms with van der Waals surface area (Å²) in [5, 5.41) is 0.745. The van der Waals surface area contributed by atoms with E-state index in [-0.39, 0.29) is 5.91 Å². The minimum Gasteiger partial charge on any atom is -0.460 e. The van der Waals surface area contributed by atoms with E-state index in [9.17, 15) is 4.79 Å². The molecule has 5 nitrogen and oxygen atoms in total. The van der Waals surface area contributed by atoms with Gasteiger partial charge in [0.25, 0.3) is 5.91 Å². The van der Waals surface area contributed by atoms with Crippen LogP contribution in [0.4, 0.5) is 5.69 Å². The van der Waals surface area contributed by atoms with Gasteiger partial charge < -0.3 is 19.1 Å². The molecule has 1 unspecified atom stereocenters. The molecule has 1 saturated heterocycles. The molecule has 1 fully saturated rings. The lowest BCUT2D eigenvalue weighted by Crippen LogP contribution is -3.08. The average Bonchev–Trinajstić information content (AvgIpc) is 2.99. The van der Waals surface area contributed by atoms with Crippen molar-refractivity contribution in [3.63, 3.8) is 0 Å². The number of piperazine rings is 1. The second-order valence-electron chi connectivity index (χ2n) is 6.67. The van der Waals surface area contributed by atoms with Gasteiger partial charge >= 0.3 is 0 Å². The van der Waals surface area contributed by atoms with Crippen molar-refractivity contribution in [1.82, 2.24) is 4.90 Å². The van der Waals surface area contributed by atoms with Crippen molar-refractivity contribution >= 4 is 23.2 Å². The Balaban J connectivity index is 1.48. The summed E-state index contributed by atoms with van der Waals surface area (Å²) in [4.78, 5) is 17.9. The van der Waals surface area contributed by atoms with Crippen LogP contribution in [-0.2, 0) is 11.3 Å². The van der Waals surface area contributed by atoms with Crippen molar-refractivity contribution in [1.29, 1.82) is 0 Å². The highest BCUT2D eigenvalue weighted by molar-refractivity contribution is 6.30. The topological polar surface area (TPSA) is 41.1 Å². The number of nitrogens with one attached hydrogen (secondary N) is 1. The Labute approximate surface area is 153 Å². The Morgan fingerprint density at radius 3 is 2.60 bits per heavy atom. The van der Waals surface area contributed by atoms with E-state index in [1.165, 1.54) is 0 Å². The molecule has 25 heavy (non-hydrogen) atoms. The Morgan fingerprint density at radius 2 is 1.96 bits per heavy atom. The number of hydrogen-bond donors (Lipinski definition) is 1. The van der Waals surface area contributed by atoms with E-state index < -0.39 is 0 Å². The first-order valence-corrected chi connectivity index (χ1v) is 9.04. The first-order valence-electron chi connectivity index (χ1n) is 8.66. The molecule has 134 valence electrons. The number of rotatable bonds is 5. The number of carbonyl (C=O) groups is 1. The molecule has 3 rings (SSSR count). The summed E-state index contributed by atoms with van der Waals surface area (Å²) in [7, 11) is 2.03. The molecule has 2 aromatic rings. The van der Waals surface area contributed by atoms with Crippen LogP contribution in [0, 0.1) is 6.92 Å². The molecule has 1 amide bonds. The van der Waals surface area contributed by atoms with Gasteiger partial charge in [-0.15, -0.1) is 0 Å². The van der Waals surface area contributed by atoms with Gasteiger partial charge in [0, 0.05) is 36.9 Å². The molecule has 1 aromatic carbocycles. The van der Waals surface area contributed by atoms with E-state index in [1.807, 2.05) is 49.2 Å². The quantitative estimate of drug-likeness (QED) is 0.878. The molecular formula is C19H25ClN3O2+. The summed E-state index contributed by atoms with van der Waals surface area (Å²) >= 11 is 6.07. The molecule has 1 N–H and O–H groups in total. The SMILES string of the molecule is Cc1ccc(C[NH+](C)CC(=O)N2CCN(c3cccc(Cl)c3)CC2)o1. The van der Waals surface area contributed by atoms with Crippen LogP contribution in [0.15, 0.2) is 40.8 Å². The molecule has 0 aliphatic carbocycles. The normalized spacial score (nSPS) is 16.1. The fourth-order valence-corrected chi connectivity index (χ4v) is 3.38. The number of quaternary nitrogens is 1. The van der Waals surface area contributed by atoms with Gasteiger partial charge in [0.1, 0.15) is 12.3 Å². The molecule has 0 saturated carbocycles. The van der Waals surface area contributed by atoms with Crippen molar-refractivity contribution in [3.05, 3.63) is 52.9 Å². The summed E-state index contributed by atoms with van der Waals surface area (Å²) in [5.41, 5.74) is 1.12. The van der Waals surface area contributed by atoms with Crippen LogP contribution in [-0.4, -0.2) is 50.6 Å². The smallest absolute Gasteiger partial charge is 0.277 e. The van der Waals surface area contributed by atoms with Crippen molar-refractivity contribution in [2.24, 2.45) is 0 Å². The van der Waals surface area contributed by atoms with Crippen molar-refractivity contribution in [2.45, 2.75) is 13.5 Å². The predicted molar refractivity (Wildman–Crippen MR) is 99.1 cm³/mol. The molecule has 1 aliphatic heterocycles. The number of anilines is 1. The Morgan fingerprint density at radius 1 is 1.20 bits per heavy atom. The van der Waals surface area contributed by atoms with Crippen molar-refractivity contribution in [3.8, 4) is 0 Å². The predicted octanol–water partition coefficient (Wildman–Crippen LogP) is 1.60. The zero-order valence-corrected chi connectivity index (χ0v) is 15.6. The zero-order chi connectivity index (χ0) is 17.8. The van der Waals surface area contributed by atoms with Gasteiger partial charge in [-0.25, -0.2) is 0 Å². The summed E-state index contributed by atoms with van der Waals surface area (Å²) in [6, 6.07) is 11.8. The third kappa shape index (κ3) is 4.77. The maximum absolute atomic E-state index is 12.5. The Bertz CT molecular complexity index is 723. The molecule has 0 radical (unpaired) electrons. The lowest BCUT2D eigenvalue weighted by Gasteiger charge is -2.36. The fraction of sp³-hybridized carbons (Fsp3) is 0.421. The third-order valence-electron chi connectivity index (χ3n) is 4.53. The molecule has 6 heteroatoms. The van der Waals surface area contributed by atoms with Gasteiger partial charge in [-0.05, 0) is 37.3 Å². The van der Waals surface area contributed by atoms with E-state index >= 15 is 0 Å². The number of likely N-dealkylation sites (N-methyl/N-ethyl adjacent to an activating group) is 1. The molecular weight excluding hydrogens is 338 g/mol. The molecule has 0 spiro atoms. The first-order chi connectivity index (χ1) is 12.0. The molecule has 1 aliphatic rings. The van der Waals surface area contributed by atoms with E-state index in [4.69, 9.17) is 16.0 Å². The van der Waals surface area contributed by atoms with Gasteiger partial charge in [-0.1, -0.05) is 17.7 Å². The number of halogens is 1. The lowest BCUT2D eigenvalue weighted by molar-refractivity contribution is -0.886. The van der Waals surface area contributed by atoms with Crippen LogP contribution in [0.1, 0.15) is 11.5 Å². The maximum Gasteiger partial charge on any atom is 0.277 e. The fourth-order valence-electron chi connectivity index (χ4n) is 3.20. The molecule has 0 bridgehead atoms. The third-order valence-corrected chi connectivity index (χ3v) is 4.77. The van der Waals surface area contributed by atoms with Gasteiger partial charge in [-0.2, -0.15) is 0 Å². The summed E-state index contributed by atoms with van der Waals surface area (Å²) in [6.07, 6.45) is 0. The Hall–Kier alpha value is -1.98. The number of amides is 1. The van der Waals surface area contributed by atoms with Crippen LogP contribution in [0.2, 0.25) is 5.02 Å². The zero-order valence-electron chi connectivity index (χ0n) is 14.8. The minimum absolute atomic E-state index is 0.200. The van der Waals surface area contributed by atoms with Gasteiger partial charge in [-0.3, -0.25) is 4.79 Å². The minimum atomic E-state index is 0.200. The molecule has 2 heterocycles. The van der Waals surface area contributed by atoms with Gasteiger partial charge in [0.05, 0.1) is 7.05 Å². The van der Waals surface area contributed by atoms with Crippen LogP contribution in [0.5, 0.6) is 0 Å². The largest absolute Gasteiger partial charge is 0.460 e. The number of nitrogens with zero attached hydrogens (tertiary/aromatic N) is 2. The lowest BCUT2D eigenvalue weighted by atomic mass is 10.2. The van der Waals surface area contributed by atoms with E-state index in [1.54, 1.807) is 0 Å². The number of benzene rings is 1. The standard InChI is InChI=1S/C19H24ClN3O2/c1-15-6-7-18(25-15)13-21(2)14-19(24)23-10-8-22(9-11-23)17-5-3-4-16(20)12-17/h3-7,12H,8-11,13-14H2,1-2H3/p+1. The summed E-state index contributed by atoms with van der Waals surface area (Å²) in [5.74, 6) is 2.03. The Kier molecular flexibility index (Phi) is 5.66. The second-order valence-corrected chi connectivity index (χ2v) is 7.11.